The highest BCUT2D eigenvalue weighted by Crippen LogP contribution is 2.18. The first-order valence-corrected chi connectivity index (χ1v) is 4.48. The molecule has 76 valence electrons. The van der Waals surface area contributed by atoms with Crippen molar-refractivity contribution in [2.24, 2.45) is 0 Å². The van der Waals surface area contributed by atoms with E-state index < -0.39 is 11.8 Å². The van der Waals surface area contributed by atoms with E-state index in [1.165, 1.54) is 0 Å². The van der Waals surface area contributed by atoms with Gasteiger partial charge in [-0.15, -0.1) is 0 Å². The molecule has 0 aromatic carbocycles. The van der Waals surface area contributed by atoms with Gasteiger partial charge in [-0.1, -0.05) is 13.5 Å². The summed E-state index contributed by atoms with van der Waals surface area (Å²) in [5.74, 6) is -1.22. The highest BCUT2D eigenvalue weighted by Gasteiger charge is 2.26. The van der Waals surface area contributed by atoms with Crippen LogP contribution >= 0.6 is 0 Å². The van der Waals surface area contributed by atoms with Crippen molar-refractivity contribution in [3.63, 3.8) is 0 Å². The molecule has 1 atom stereocenters. The Labute approximate surface area is 79.7 Å². The standard InChI is InChI=1S/C10H18O3/c1-6-10(5,12-7-2)13-9(11)8(3)4/h3,6-7H2,1-2,4-5H3. The minimum atomic E-state index is -0.815. The summed E-state index contributed by atoms with van der Waals surface area (Å²) >= 11 is 0. The zero-order valence-electron chi connectivity index (χ0n) is 8.85. The Morgan fingerprint density at radius 3 is 2.31 bits per heavy atom. The highest BCUT2D eigenvalue weighted by molar-refractivity contribution is 5.87. The molecule has 0 aliphatic rings. The lowest BCUT2D eigenvalue weighted by Crippen LogP contribution is -2.34. The molecule has 0 fully saturated rings. The van der Waals surface area contributed by atoms with Crippen LogP contribution in [0, 0.1) is 0 Å². The van der Waals surface area contributed by atoms with Crippen molar-refractivity contribution in [1.29, 1.82) is 0 Å². The van der Waals surface area contributed by atoms with E-state index in [4.69, 9.17) is 9.47 Å². The summed E-state index contributed by atoms with van der Waals surface area (Å²) in [5, 5.41) is 0. The first-order chi connectivity index (χ1) is 5.95. The van der Waals surface area contributed by atoms with Crippen molar-refractivity contribution < 1.29 is 14.3 Å². The summed E-state index contributed by atoms with van der Waals surface area (Å²) in [6.45, 7) is 11.2. The van der Waals surface area contributed by atoms with Gasteiger partial charge in [-0.05, 0) is 13.8 Å². The number of hydrogen-bond acceptors (Lipinski definition) is 3. The molecule has 0 rings (SSSR count). The fourth-order valence-electron chi connectivity index (χ4n) is 0.792. The predicted octanol–water partition coefficient (Wildman–Crippen LogP) is 2.27. The summed E-state index contributed by atoms with van der Waals surface area (Å²) in [5.41, 5.74) is 0.388. The number of ether oxygens (including phenoxy) is 2. The lowest BCUT2D eigenvalue weighted by Gasteiger charge is -2.27. The van der Waals surface area contributed by atoms with Crippen LogP contribution in [-0.2, 0) is 14.3 Å². The average Bonchev–Trinajstić information content (AvgIpc) is 2.04. The summed E-state index contributed by atoms with van der Waals surface area (Å²) in [4.78, 5) is 11.2. The van der Waals surface area contributed by atoms with Gasteiger partial charge in [-0.25, -0.2) is 4.79 Å². The topological polar surface area (TPSA) is 35.5 Å². The quantitative estimate of drug-likeness (QED) is 0.375. The fourth-order valence-corrected chi connectivity index (χ4v) is 0.792. The van der Waals surface area contributed by atoms with Crippen LogP contribution in [0.1, 0.15) is 34.1 Å². The van der Waals surface area contributed by atoms with Gasteiger partial charge in [0.2, 0.25) is 5.79 Å². The van der Waals surface area contributed by atoms with Crippen LogP contribution in [-0.4, -0.2) is 18.4 Å². The first kappa shape index (κ1) is 12.2. The molecule has 3 nitrogen and oxygen atoms in total. The lowest BCUT2D eigenvalue weighted by atomic mass is 10.2. The van der Waals surface area contributed by atoms with Gasteiger partial charge in [-0.2, -0.15) is 0 Å². The van der Waals surface area contributed by atoms with Crippen LogP contribution < -0.4 is 0 Å². The normalized spacial score (nSPS) is 14.8. The van der Waals surface area contributed by atoms with Gasteiger partial charge in [0.15, 0.2) is 0 Å². The van der Waals surface area contributed by atoms with Crippen LogP contribution in [0.4, 0.5) is 0 Å². The maximum atomic E-state index is 11.2. The van der Waals surface area contributed by atoms with E-state index >= 15 is 0 Å². The number of esters is 1. The molecule has 0 amide bonds. The van der Waals surface area contributed by atoms with Gasteiger partial charge in [0.1, 0.15) is 0 Å². The molecule has 0 aliphatic carbocycles. The van der Waals surface area contributed by atoms with E-state index in [2.05, 4.69) is 6.58 Å². The Hall–Kier alpha value is -0.830. The van der Waals surface area contributed by atoms with Gasteiger partial charge in [-0.3, -0.25) is 0 Å². The first-order valence-electron chi connectivity index (χ1n) is 4.48. The van der Waals surface area contributed by atoms with Crippen LogP contribution in [0.15, 0.2) is 12.2 Å². The van der Waals surface area contributed by atoms with Gasteiger partial charge < -0.3 is 9.47 Å². The maximum absolute atomic E-state index is 11.2. The van der Waals surface area contributed by atoms with Crippen LogP contribution in [0.25, 0.3) is 0 Å². The molecule has 0 heterocycles. The van der Waals surface area contributed by atoms with Crippen molar-refractivity contribution in [3.05, 3.63) is 12.2 Å². The molecule has 0 aromatic heterocycles. The largest absolute Gasteiger partial charge is 0.430 e. The molecular weight excluding hydrogens is 168 g/mol. The summed E-state index contributed by atoms with van der Waals surface area (Å²) < 4.78 is 10.4. The van der Waals surface area contributed by atoms with E-state index in [-0.39, 0.29) is 0 Å². The van der Waals surface area contributed by atoms with Crippen molar-refractivity contribution in [1.82, 2.24) is 0 Å². The monoisotopic (exact) mass is 186 g/mol. The van der Waals surface area contributed by atoms with Crippen molar-refractivity contribution in [3.8, 4) is 0 Å². The minimum absolute atomic E-state index is 0.388. The molecular formula is C10H18O3. The number of carbonyl (C=O) groups excluding carboxylic acids is 1. The Morgan fingerprint density at radius 2 is 2.00 bits per heavy atom. The molecule has 0 saturated carbocycles. The molecule has 0 bridgehead atoms. The Bertz CT molecular complexity index is 198. The van der Waals surface area contributed by atoms with E-state index in [0.29, 0.717) is 18.6 Å². The molecule has 13 heavy (non-hydrogen) atoms. The highest BCUT2D eigenvalue weighted by atomic mass is 16.7. The predicted molar refractivity (Wildman–Crippen MR) is 51.2 cm³/mol. The third-order valence-electron chi connectivity index (χ3n) is 1.75. The Kier molecular flexibility index (Phi) is 4.70. The molecule has 0 N–H and O–H groups in total. The van der Waals surface area contributed by atoms with E-state index in [0.717, 1.165) is 0 Å². The van der Waals surface area contributed by atoms with Crippen LogP contribution in [0.2, 0.25) is 0 Å². The second kappa shape index (κ2) is 5.02. The smallest absolute Gasteiger partial charge is 0.335 e. The summed E-state index contributed by atoms with van der Waals surface area (Å²) in [6, 6.07) is 0. The van der Waals surface area contributed by atoms with Gasteiger partial charge in [0.05, 0.1) is 0 Å². The molecule has 0 spiro atoms. The second-order valence-corrected chi connectivity index (χ2v) is 3.09. The Morgan fingerprint density at radius 1 is 1.46 bits per heavy atom. The lowest BCUT2D eigenvalue weighted by molar-refractivity contribution is -0.219. The number of hydrogen-bond donors (Lipinski definition) is 0. The van der Waals surface area contributed by atoms with Crippen molar-refractivity contribution >= 4 is 5.97 Å². The summed E-state index contributed by atoms with van der Waals surface area (Å²) in [6.07, 6.45) is 0.625. The second-order valence-electron chi connectivity index (χ2n) is 3.09. The molecule has 0 aliphatic heterocycles. The van der Waals surface area contributed by atoms with E-state index in [1.54, 1.807) is 13.8 Å². The van der Waals surface area contributed by atoms with Crippen LogP contribution in [0.3, 0.4) is 0 Å². The van der Waals surface area contributed by atoms with E-state index in [1.807, 2.05) is 13.8 Å². The summed E-state index contributed by atoms with van der Waals surface area (Å²) in [7, 11) is 0. The maximum Gasteiger partial charge on any atom is 0.335 e. The number of rotatable bonds is 5. The molecule has 0 aromatic rings. The molecule has 0 radical (unpaired) electrons. The molecule has 0 saturated heterocycles. The van der Waals surface area contributed by atoms with Gasteiger partial charge >= 0.3 is 5.97 Å². The van der Waals surface area contributed by atoms with Gasteiger partial charge in [0.25, 0.3) is 0 Å². The molecule has 3 heteroatoms. The van der Waals surface area contributed by atoms with Crippen molar-refractivity contribution in [2.75, 3.05) is 6.61 Å². The minimum Gasteiger partial charge on any atom is -0.430 e. The SMILES string of the molecule is C=C(C)C(=O)OC(C)(CC)OCC. The zero-order chi connectivity index (χ0) is 10.5. The van der Waals surface area contributed by atoms with Crippen LogP contribution in [0.5, 0.6) is 0 Å². The average molecular weight is 186 g/mol. The van der Waals surface area contributed by atoms with Gasteiger partial charge in [0, 0.05) is 25.5 Å². The van der Waals surface area contributed by atoms with Crippen molar-refractivity contribution in [2.45, 2.75) is 39.9 Å². The fraction of sp³-hybridized carbons (Fsp3) is 0.700. The molecule has 1 unspecified atom stereocenters. The third-order valence-corrected chi connectivity index (χ3v) is 1.75. The zero-order valence-corrected chi connectivity index (χ0v) is 8.85. The Balaban J connectivity index is 4.26. The third kappa shape index (κ3) is 4.08. The van der Waals surface area contributed by atoms with E-state index in [9.17, 15) is 4.79 Å². The number of carbonyl (C=O) groups is 1.